The number of H-pyrrole nitrogens is 1. The lowest BCUT2D eigenvalue weighted by Crippen LogP contribution is -2.41. The van der Waals surface area contributed by atoms with Gasteiger partial charge in [-0.15, -0.1) is 0 Å². The number of aliphatic hydroxyl groups excluding tert-OH is 1. The number of aliphatic hydroxyl groups is 1. The van der Waals surface area contributed by atoms with E-state index in [-0.39, 0.29) is 24.1 Å². The molecule has 3 aromatic rings. The Morgan fingerprint density at radius 2 is 1.97 bits per heavy atom. The number of likely N-dealkylation sites (tertiary alicyclic amines) is 1. The van der Waals surface area contributed by atoms with E-state index in [1.54, 1.807) is 12.3 Å². The van der Waals surface area contributed by atoms with E-state index in [1.807, 2.05) is 36.4 Å². The zero-order valence-corrected chi connectivity index (χ0v) is 18.7. The first-order valence-corrected chi connectivity index (χ1v) is 11.2. The third kappa shape index (κ3) is 4.58. The number of benzene rings is 2. The molecule has 1 aliphatic heterocycles. The standard InChI is InChI=1S/C23H24IN3O3/c24-16-6-9-19-20(11-16)21(23(30)26-22(19)29)12-25-17-7-4-15(5-8-17)13-27-10-2-1-3-18(27)14-28/h4-9,11-12,18,28H,1-3,10,13-14H2,(H2,26,29,30). The van der Waals surface area contributed by atoms with Crippen molar-refractivity contribution in [3.05, 3.63) is 67.5 Å². The van der Waals surface area contributed by atoms with Gasteiger partial charge in [-0.2, -0.15) is 0 Å². The van der Waals surface area contributed by atoms with E-state index in [4.69, 9.17) is 0 Å². The van der Waals surface area contributed by atoms with Gasteiger partial charge in [0.1, 0.15) is 0 Å². The molecule has 1 saturated heterocycles. The molecule has 1 aromatic heterocycles. The molecule has 6 nitrogen and oxygen atoms in total. The molecule has 156 valence electrons. The van der Waals surface area contributed by atoms with E-state index in [1.165, 1.54) is 18.4 Å². The highest BCUT2D eigenvalue weighted by atomic mass is 127. The van der Waals surface area contributed by atoms with Crippen molar-refractivity contribution in [2.75, 3.05) is 13.2 Å². The molecule has 3 N–H and O–H groups in total. The highest BCUT2D eigenvalue weighted by Crippen LogP contribution is 2.24. The summed E-state index contributed by atoms with van der Waals surface area (Å²) in [5.41, 5.74) is 2.12. The van der Waals surface area contributed by atoms with Crippen LogP contribution in [0.1, 0.15) is 30.4 Å². The summed E-state index contributed by atoms with van der Waals surface area (Å²) in [6.07, 6.45) is 4.99. The van der Waals surface area contributed by atoms with Crippen LogP contribution in [0, 0.1) is 3.57 Å². The van der Waals surface area contributed by atoms with Gasteiger partial charge in [-0.3, -0.25) is 19.7 Å². The minimum atomic E-state index is -0.320. The highest BCUT2D eigenvalue weighted by Gasteiger charge is 2.21. The first kappa shape index (κ1) is 21.0. The summed E-state index contributed by atoms with van der Waals surface area (Å²) in [6, 6.07) is 13.7. The molecule has 1 fully saturated rings. The van der Waals surface area contributed by atoms with Crippen molar-refractivity contribution >= 4 is 45.3 Å². The Hall–Kier alpha value is -2.23. The number of hydrogen-bond donors (Lipinski definition) is 3. The zero-order chi connectivity index (χ0) is 21.1. The van der Waals surface area contributed by atoms with Gasteiger partial charge in [-0.25, -0.2) is 0 Å². The van der Waals surface area contributed by atoms with Gasteiger partial charge in [0.2, 0.25) is 5.88 Å². The molecule has 0 bridgehead atoms. The molecule has 0 spiro atoms. The maximum Gasteiger partial charge on any atom is 0.258 e. The van der Waals surface area contributed by atoms with E-state index in [0.717, 1.165) is 28.8 Å². The van der Waals surface area contributed by atoms with Crippen LogP contribution in [0.4, 0.5) is 5.69 Å². The van der Waals surface area contributed by atoms with Gasteiger partial charge < -0.3 is 10.2 Å². The van der Waals surface area contributed by atoms with Crippen LogP contribution in [0.2, 0.25) is 0 Å². The molecule has 7 heteroatoms. The summed E-state index contributed by atoms with van der Waals surface area (Å²) >= 11 is 2.18. The van der Waals surface area contributed by atoms with Gasteiger partial charge in [0, 0.05) is 33.1 Å². The largest absolute Gasteiger partial charge is 0.494 e. The van der Waals surface area contributed by atoms with Crippen LogP contribution in [0.5, 0.6) is 5.88 Å². The SMILES string of the molecule is O=c1[nH]c(O)c(C=Nc2ccc(CN3CCCCC3CO)cc2)c2cc(I)ccc12. The molecule has 0 radical (unpaired) electrons. The molecular formula is C23H24IN3O3. The molecule has 30 heavy (non-hydrogen) atoms. The van der Waals surface area contributed by atoms with Gasteiger partial charge in [-0.1, -0.05) is 18.6 Å². The lowest BCUT2D eigenvalue weighted by Gasteiger charge is -2.34. The third-order valence-corrected chi connectivity index (χ3v) is 6.30. The van der Waals surface area contributed by atoms with Crippen LogP contribution in [-0.4, -0.2) is 45.5 Å². The Balaban J connectivity index is 1.55. The lowest BCUT2D eigenvalue weighted by atomic mass is 10.0. The van der Waals surface area contributed by atoms with Gasteiger partial charge in [0.25, 0.3) is 5.56 Å². The topological polar surface area (TPSA) is 88.9 Å². The summed E-state index contributed by atoms with van der Waals surface area (Å²) < 4.78 is 0.975. The smallest absolute Gasteiger partial charge is 0.258 e. The monoisotopic (exact) mass is 517 g/mol. The normalized spacial score (nSPS) is 17.7. The number of halogens is 1. The number of aliphatic imine (C=N–C) groups is 1. The molecule has 1 atom stereocenters. The van der Waals surface area contributed by atoms with Crippen molar-refractivity contribution in [1.82, 2.24) is 9.88 Å². The van der Waals surface area contributed by atoms with Crippen LogP contribution in [0.3, 0.4) is 0 Å². The quantitative estimate of drug-likeness (QED) is 0.354. The van der Waals surface area contributed by atoms with Gasteiger partial charge >= 0.3 is 0 Å². The first-order chi connectivity index (χ1) is 14.5. The van der Waals surface area contributed by atoms with Crippen LogP contribution in [-0.2, 0) is 6.54 Å². The number of nitrogens with one attached hydrogen (secondary N) is 1. The average Bonchev–Trinajstić information content (AvgIpc) is 2.75. The highest BCUT2D eigenvalue weighted by molar-refractivity contribution is 14.1. The number of rotatable bonds is 5. The molecule has 2 aromatic carbocycles. The third-order valence-electron chi connectivity index (χ3n) is 5.63. The number of nitrogens with zero attached hydrogens (tertiary/aromatic N) is 2. The summed E-state index contributed by atoms with van der Waals surface area (Å²) in [5.74, 6) is -0.185. The van der Waals surface area contributed by atoms with Crippen molar-refractivity contribution in [2.24, 2.45) is 4.99 Å². The summed E-state index contributed by atoms with van der Waals surface area (Å²) in [4.78, 5) is 21.4. The van der Waals surface area contributed by atoms with Crippen molar-refractivity contribution in [3.8, 4) is 5.88 Å². The first-order valence-electron chi connectivity index (χ1n) is 10.1. The Labute approximate surface area is 188 Å². The van der Waals surface area contributed by atoms with Crippen LogP contribution < -0.4 is 5.56 Å². The maximum atomic E-state index is 12.1. The predicted octanol–water partition coefficient (Wildman–Crippen LogP) is 3.94. The second-order valence-electron chi connectivity index (χ2n) is 7.63. The molecule has 1 aliphatic rings. The average molecular weight is 517 g/mol. The number of fused-ring (bicyclic) bond motifs is 1. The van der Waals surface area contributed by atoms with Crippen LogP contribution in [0.25, 0.3) is 10.8 Å². The second kappa shape index (κ2) is 9.28. The Bertz CT molecular complexity index is 1120. The fourth-order valence-electron chi connectivity index (χ4n) is 3.97. The maximum absolute atomic E-state index is 12.1. The number of aromatic amines is 1. The predicted molar refractivity (Wildman–Crippen MR) is 128 cm³/mol. The van der Waals surface area contributed by atoms with E-state index in [9.17, 15) is 15.0 Å². The van der Waals surface area contributed by atoms with Crippen molar-refractivity contribution < 1.29 is 10.2 Å². The molecule has 0 aliphatic carbocycles. The van der Waals surface area contributed by atoms with Crippen molar-refractivity contribution in [1.29, 1.82) is 0 Å². The van der Waals surface area contributed by atoms with Gasteiger partial charge in [0.05, 0.1) is 17.9 Å². The van der Waals surface area contributed by atoms with E-state index >= 15 is 0 Å². The number of piperidine rings is 1. The van der Waals surface area contributed by atoms with Crippen molar-refractivity contribution in [3.63, 3.8) is 0 Å². The van der Waals surface area contributed by atoms with Crippen LogP contribution in [0.15, 0.2) is 52.3 Å². The van der Waals surface area contributed by atoms with Gasteiger partial charge in [0.15, 0.2) is 0 Å². The molecule has 1 unspecified atom stereocenters. The molecule has 0 amide bonds. The summed E-state index contributed by atoms with van der Waals surface area (Å²) in [6.45, 7) is 2.04. The van der Waals surface area contributed by atoms with E-state index < -0.39 is 0 Å². The minimum absolute atomic E-state index is 0.185. The second-order valence-corrected chi connectivity index (χ2v) is 8.88. The number of pyridine rings is 1. The zero-order valence-electron chi connectivity index (χ0n) is 16.5. The van der Waals surface area contributed by atoms with Crippen LogP contribution >= 0.6 is 22.6 Å². The molecule has 2 heterocycles. The summed E-state index contributed by atoms with van der Waals surface area (Å²) in [7, 11) is 0. The minimum Gasteiger partial charge on any atom is -0.494 e. The Kier molecular flexibility index (Phi) is 6.50. The van der Waals surface area contributed by atoms with E-state index in [2.05, 4.69) is 37.5 Å². The number of aromatic nitrogens is 1. The Morgan fingerprint density at radius 3 is 2.73 bits per heavy atom. The van der Waals surface area contributed by atoms with E-state index in [0.29, 0.717) is 16.3 Å². The molecule has 4 rings (SSSR count). The number of hydrogen-bond acceptors (Lipinski definition) is 5. The fourth-order valence-corrected chi connectivity index (χ4v) is 4.46. The summed E-state index contributed by atoms with van der Waals surface area (Å²) in [5, 5.41) is 21.0. The number of aromatic hydroxyl groups is 1. The molecular weight excluding hydrogens is 493 g/mol. The molecule has 0 saturated carbocycles. The lowest BCUT2D eigenvalue weighted by molar-refractivity contribution is 0.0841. The fraction of sp³-hybridized carbons (Fsp3) is 0.304. The van der Waals surface area contributed by atoms with Gasteiger partial charge in [-0.05, 0) is 77.9 Å². The Morgan fingerprint density at radius 1 is 1.17 bits per heavy atom. The van der Waals surface area contributed by atoms with Crippen molar-refractivity contribution in [2.45, 2.75) is 31.8 Å².